The summed E-state index contributed by atoms with van der Waals surface area (Å²) in [6.45, 7) is 0.490. The van der Waals surface area contributed by atoms with E-state index in [2.05, 4.69) is 15.4 Å². The molecule has 0 radical (unpaired) electrons. The van der Waals surface area contributed by atoms with Crippen LogP contribution in [0.2, 0.25) is 0 Å². The van der Waals surface area contributed by atoms with Crippen LogP contribution in [-0.2, 0) is 4.79 Å². The maximum Gasteiger partial charge on any atom is 0.387 e. The van der Waals surface area contributed by atoms with Crippen molar-refractivity contribution in [3.8, 4) is 11.5 Å². The number of methoxy groups -OCH3 is 1. The number of carbonyl (C=O) groups excluding carboxylic acids is 2. The molecule has 0 saturated heterocycles. The quantitative estimate of drug-likeness (QED) is 0.775. The van der Waals surface area contributed by atoms with Crippen LogP contribution in [0, 0.1) is 13.8 Å². The van der Waals surface area contributed by atoms with Crippen LogP contribution < -0.4 is 20.1 Å². The van der Waals surface area contributed by atoms with Crippen molar-refractivity contribution in [1.82, 2.24) is 5.32 Å². The summed E-state index contributed by atoms with van der Waals surface area (Å²) in [5.74, 6) is -1.13. The summed E-state index contributed by atoms with van der Waals surface area (Å²) in [4.78, 5) is 24.3. The molecule has 0 heterocycles. The van der Waals surface area contributed by atoms with Gasteiger partial charge in [0.15, 0.2) is 11.5 Å². The number of halogens is 2. The lowest BCUT2D eigenvalue weighted by molar-refractivity contribution is -0.115. The molecule has 8 heteroatoms. The second-order valence-corrected chi connectivity index (χ2v) is 5.74. The van der Waals surface area contributed by atoms with Crippen LogP contribution in [0.15, 0.2) is 36.4 Å². The van der Waals surface area contributed by atoms with Crippen LogP contribution in [0.1, 0.15) is 21.5 Å². The van der Waals surface area contributed by atoms with Gasteiger partial charge in [-0.25, -0.2) is 0 Å². The van der Waals surface area contributed by atoms with Crippen molar-refractivity contribution < 1.29 is 27.8 Å². The highest BCUT2D eigenvalue weighted by Crippen LogP contribution is 2.29. The third-order valence-corrected chi connectivity index (χ3v) is 3.80. The first-order valence-corrected chi connectivity index (χ1v) is 8.09. The van der Waals surface area contributed by atoms with Crippen molar-refractivity contribution in [2.24, 2.45) is 0 Å². The minimum atomic E-state index is -3.01. The molecule has 0 saturated carbocycles. The molecule has 2 aromatic rings. The van der Waals surface area contributed by atoms with Gasteiger partial charge in [0.05, 0.1) is 13.7 Å². The van der Waals surface area contributed by atoms with Crippen molar-refractivity contribution >= 4 is 17.5 Å². The highest BCUT2D eigenvalue weighted by Gasteiger charge is 2.15. The van der Waals surface area contributed by atoms with Gasteiger partial charge in [0, 0.05) is 11.3 Å². The van der Waals surface area contributed by atoms with Crippen LogP contribution in [0.4, 0.5) is 14.5 Å². The average molecular weight is 378 g/mol. The Kier molecular flexibility index (Phi) is 6.70. The number of hydrogen-bond acceptors (Lipinski definition) is 4. The van der Waals surface area contributed by atoms with Crippen LogP contribution in [0.25, 0.3) is 0 Å². The van der Waals surface area contributed by atoms with Gasteiger partial charge in [0.2, 0.25) is 5.91 Å². The largest absolute Gasteiger partial charge is 0.493 e. The first kappa shape index (κ1) is 20.2. The number of anilines is 1. The fraction of sp³-hybridized carbons (Fsp3) is 0.263. The lowest BCUT2D eigenvalue weighted by Gasteiger charge is -2.13. The maximum atomic E-state index is 12.3. The summed E-state index contributed by atoms with van der Waals surface area (Å²) in [6, 6.07) is 9.40. The number of para-hydroxylation sites is 1. The minimum Gasteiger partial charge on any atom is -0.493 e. The zero-order chi connectivity index (χ0) is 20.0. The molecule has 6 nitrogen and oxygen atoms in total. The second kappa shape index (κ2) is 8.98. The smallest absolute Gasteiger partial charge is 0.387 e. The fourth-order valence-electron chi connectivity index (χ4n) is 2.46. The van der Waals surface area contributed by atoms with E-state index < -0.39 is 12.5 Å². The van der Waals surface area contributed by atoms with E-state index in [0.717, 1.165) is 11.1 Å². The molecule has 0 aliphatic rings. The van der Waals surface area contributed by atoms with Crippen molar-refractivity contribution in [2.45, 2.75) is 20.5 Å². The van der Waals surface area contributed by atoms with Crippen molar-refractivity contribution in [3.63, 3.8) is 0 Å². The molecule has 2 N–H and O–H groups in total. The zero-order valence-electron chi connectivity index (χ0n) is 15.1. The molecule has 144 valence electrons. The summed E-state index contributed by atoms with van der Waals surface area (Å²) in [7, 11) is 1.27. The maximum absolute atomic E-state index is 12.3. The Bertz CT molecular complexity index is 820. The van der Waals surface area contributed by atoms with Gasteiger partial charge in [-0.3, -0.25) is 9.59 Å². The van der Waals surface area contributed by atoms with Crippen LogP contribution >= 0.6 is 0 Å². The van der Waals surface area contributed by atoms with Gasteiger partial charge in [-0.2, -0.15) is 8.78 Å². The summed E-state index contributed by atoms with van der Waals surface area (Å²) >= 11 is 0. The molecule has 0 bridgehead atoms. The molecule has 0 spiro atoms. The number of alkyl halides is 2. The first-order chi connectivity index (χ1) is 12.8. The van der Waals surface area contributed by atoms with E-state index in [1.807, 2.05) is 32.0 Å². The number of nitrogens with one attached hydrogen (secondary N) is 2. The van der Waals surface area contributed by atoms with Gasteiger partial charge in [0.25, 0.3) is 5.91 Å². The molecule has 0 unspecified atom stereocenters. The van der Waals surface area contributed by atoms with E-state index in [0.29, 0.717) is 5.69 Å². The van der Waals surface area contributed by atoms with E-state index in [9.17, 15) is 18.4 Å². The van der Waals surface area contributed by atoms with Gasteiger partial charge in [-0.15, -0.1) is 0 Å². The molecule has 0 aliphatic carbocycles. The monoisotopic (exact) mass is 378 g/mol. The Morgan fingerprint density at radius 1 is 1.07 bits per heavy atom. The molecule has 2 rings (SSSR count). The normalized spacial score (nSPS) is 10.4. The van der Waals surface area contributed by atoms with Crippen LogP contribution in [0.3, 0.4) is 0 Å². The highest BCUT2D eigenvalue weighted by atomic mass is 19.3. The van der Waals surface area contributed by atoms with Crippen LogP contribution in [0.5, 0.6) is 11.5 Å². The van der Waals surface area contributed by atoms with E-state index >= 15 is 0 Å². The molecular formula is C19H20F2N2O4. The lowest BCUT2D eigenvalue weighted by Crippen LogP contribution is -2.33. The standard InChI is InChI=1S/C19H20F2N2O4/c1-11-5-4-6-12(2)17(11)23-16(24)10-22-18(25)13-7-8-14(27-19(20)21)15(9-13)26-3/h4-9,19H,10H2,1-3H3,(H,22,25)(H,23,24). The number of hydrogen-bond donors (Lipinski definition) is 2. The van der Waals surface area contributed by atoms with Crippen molar-refractivity contribution in [1.29, 1.82) is 0 Å². The summed E-state index contributed by atoms with van der Waals surface area (Å²) in [5, 5.41) is 5.23. The predicted molar refractivity (Wildman–Crippen MR) is 96.5 cm³/mol. The molecule has 0 aliphatic heterocycles. The van der Waals surface area contributed by atoms with Crippen molar-refractivity contribution in [3.05, 3.63) is 53.1 Å². The van der Waals surface area contributed by atoms with Gasteiger partial charge >= 0.3 is 6.61 Å². The Morgan fingerprint density at radius 2 is 1.74 bits per heavy atom. The third kappa shape index (κ3) is 5.40. The number of ether oxygens (including phenoxy) is 2. The Balaban J connectivity index is 2.00. The Morgan fingerprint density at radius 3 is 2.33 bits per heavy atom. The van der Waals surface area contributed by atoms with E-state index in [1.54, 1.807) is 0 Å². The number of rotatable bonds is 7. The topological polar surface area (TPSA) is 76.7 Å². The van der Waals surface area contributed by atoms with Crippen LogP contribution in [-0.4, -0.2) is 32.1 Å². The average Bonchev–Trinajstić information content (AvgIpc) is 2.62. The third-order valence-electron chi connectivity index (χ3n) is 3.80. The molecule has 27 heavy (non-hydrogen) atoms. The lowest BCUT2D eigenvalue weighted by atomic mass is 10.1. The summed E-state index contributed by atoms with van der Waals surface area (Å²) < 4.78 is 33.9. The number of amides is 2. The number of carbonyl (C=O) groups is 2. The van der Waals surface area contributed by atoms with Gasteiger partial charge in [-0.05, 0) is 43.2 Å². The summed E-state index contributed by atoms with van der Waals surface area (Å²) in [6.07, 6.45) is 0. The number of aryl methyl sites for hydroxylation is 2. The van der Waals surface area contributed by atoms with Gasteiger partial charge in [0.1, 0.15) is 0 Å². The molecule has 0 fully saturated rings. The predicted octanol–water partition coefficient (Wildman–Crippen LogP) is 3.28. The van der Waals surface area contributed by atoms with E-state index in [1.165, 1.54) is 25.3 Å². The molecule has 2 aromatic carbocycles. The molecule has 2 amide bonds. The fourth-order valence-corrected chi connectivity index (χ4v) is 2.46. The molecule has 0 aromatic heterocycles. The highest BCUT2D eigenvalue weighted by molar-refractivity contribution is 6.00. The van der Waals surface area contributed by atoms with E-state index in [-0.39, 0.29) is 29.5 Å². The first-order valence-electron chi connectivity index (χ1n) is 8.09. The SMILES string of the molecule is COc1cc(C(=O)NCC(=O)Nc2c(C)cccc2C)ccc1OC(F)F. The van der Waals surface area contributed by atoms with Gasteiger partial charge in [-0.1, -0.05) is 18.2 Å². The molecule has 0 atom stereocenters. The Labute approximate surface area is 155 Å². The van der Waals surface area contributed by atoms with E-state index in [4.69, 9.17) is 4.74 Å². The number of benzene rings is 2. The molecular weight excluding hydrogens is 358 g/mol. The minimum absolute atomic E-state index is 0.0112. The van der Waals surface area contributed by atoms with Crippen molar-refractivity contribution in [2.75, 3.05) is 19.0 Å². The zero-order valence-corrected chi connectivity index (χ0v) is 15.1. The van der Waals surface area contributed by atoms with Gasteiger partial charge < -0.3 is 20.1 Å². The Hall–Kier alpha value is -3.16. The summed E-state index contributed by atoms with van der Waals surface area (Å²) in [5.41, 5.74) is 2.67. The second-order valence-electron chi connectivity index (χ2n) is 5.74.